The third-order valence-corrected chi connectivity index (χ3v) is 4.17. The van der Waals surface area contributed by atoms with E-state index in [1.165, 1.54) is 5.56 Å². The molecule has 0 saturated heterocycles. The maximum Gasteiger partial charge on any atom is 0.139 e. The molecule has 0 amide bonds. The number of benzene rings is 1. The van der Waals surface area contributed by atoms with Gasteiger partial charge in [-0.25, -0.2) is 0 Å². The quantitative estimate of drug-likeness (QED) is 0.807. The molecule has 1 aromatic carbocycles. The number of carbonyl (C=O) groups is 1. The molecule has 3 unspecified atom stereocenters. The number of rotatable bonds is 4. The molecule has 98 valence electrons. The summed E-state index contributed by atoms with van der Waals surface area (Å²) in [5.74, 6) is 2.16. The number of methoxy groups -OCH3 is 1. The van der Waals surface area contributed by atoms with Crippen molar-refractivity contribution in [3.63, 3.8) is 0 Å². The first-order valence-corrected chi connectivity index (χ1v) is 6.85. The first kappa shape index (κ1) is 13.1. The van der Waals surface area contributed by atoms with E-state index in [0.717, 1.165) is 25.0 Å². The van der Waals surface area contributed by atoms with Crippen LogP contribution in [0.2, 0.25) is 0 Å². The minimum absolute atomic E-state index is 0.162. The molecule has 1 saturated carbocycles. The number of carbonyl (C=O) groups excluding carboxylic acids is 1. The van der Waals surface area contributed by atoms with Gasteiger partial charge in [0, 0.05) is 11.8 Å². The molecule has 0 spiro atoms. The first-order valence-electron chi connectivity index (χ1n) is 6.85. The summed E-state index contributed by atoms with van der Waals surface area (Å²) in [5.41, 5.74) is 1.27. The van der Waals surface area contributed by atoms with Crippen molar-refractivity contribution in [2.75, 3.05) is 7.11 Å². The summed E-state index contributed by atoms with van der Waals surface area (Å²) in [5, 5.41) is 0. The number of hydrogen-bond donors (Lipinski definition) is 0. The number of ether oxygens (including phenoxy) is 1. The molecule has 0 aromatic heterocycles. The van der Waals surface area contributed by atoms with Crippen LogP contribution >= 0.6 is 0 Å². The molecular formula is C16H22O2. The van der Waals surface area contributed by atoms with E-state index in [1.54, 1.807) is 7.11 Å². The Balaban J connectivity index is 2.15. The number of ketones is 1. The Labute approximate surface area is 109 Å². The van der Waals surface area contributed by atoms with Gasteiger partial charge in [0.25, 0.3) is 0 Å². The van der Waals surface area contributed by atoms with Crippen LogP contribution in [0.4, 0.5) is 0 Å². The predicted molar refractivity (Wildman–Crippen MR) is 72.9 cm³/mol. The fourth-order valence-corrected chi connectivity index (χ4v) is 3.08. The van der Waals surface area contributed by atoms with Gasteiger partial charge in [0.2, 0.25) is 0 Å². The molecule has 3 atom stereocenters. The Kier molecular flexibility index (Phi) is 4.05. The summed E-state index contributed by atoms with van der Waals surface area (Å²) in [6, 6.07) is 8.17. The van der Waals surface area contributed by atoms with Crippen molar-refractivity contribution in [3.8, 4) is 5.75 Å². The second-order valence-electron chi connectivity index (χ2n) is 5.29. The van der Waals surface area contributed by atoms with Crippen LogP contribution in [0, 0.1) is 11.8 Å². The van der Waals surface area contributed by atoms with Crippen LogP contribution in [-0.2, 0) is 4.79 Å². The molecule has 0 radical (unpaired) electrons. The number of hydrogen-bond acceptors (Lipinski definition) is 2. The Bertz CT molecular complexity index is 408. The molecule has 0 bridgehead atoms. The topological polar surface area (TPSA) is 26.3 Å². The zero-order chi connectivity index (χ0) is 13.1. The average molecular weight is 246 g/mol. The van der Waals surface area contributed by atoms with Crippen LogP contribution in [0.1, 0.15) is 44.6 Å². The first-order chi connectivity index (χ1) is 8.67. The highest BCUT2D eigenvalue weighted by Crippen LogP contribution is 2.42. The van der Waals surface area contributed by atoms with Gasteiger partial charge in [0.05, 0.1) is 7.11 Å². The molecule has 2 rings (SSSR count). The van der Waals surface area contributed by atoms with E-state index >= 15 is 0 Å². The minimum atomic E-state index is 0.162. The van der Waals surface area contributed by atoms with Gasteiger partial charge in [-0.2, -0.15) is 0 Å². The predicted octanol–water partition coefficient (Wildman–Crippen LogP) is 3.80. The second-order valence-corrected chi connectivity index (χ2v) is 5.29. The molecule has 2 nitrogen and oxygen atoms in total. The maximum absolute atomic E-state index is 12.2. The van der Waals surface area contributed by atoms with Crippen LogP contribution < -0.4 is 4.74 Å². The summed E-state index contributed by atoms with van der Waals surface area (Å²) < 4.78 is 5.17. The monoisotopic (exact) mass is 246 g/mol. The van der Waals surface area contributed by atoms with Gasteiger partial charge in [-0.1, -0.05) is 32.4 Å². The molecule has 0 N–H and O–H groups in total. The van der Waals surface area contributed by atoms with Gasteiger partial charge in [-0.05, 0) is 36.5 Å². The smallest absolute Gasteiger partial charge is 0.139 e. The third-order valence-electron chi connectivity index (χ3n) is 4.17. The minimum Gasteiger partial charge on any atom is -0.497 e. The van der Waals surface area contributed by atoms with E-state index < -0.39 is 0 Å². The molecular weight excluding hydrogens is 224 g/mol. The van der Waals surface area contributed by atoms with Gasteiger partial charge in [-0.3, -0.25) is 4.79 Å². The zero-order valence-electron chi connectivity index (χ0n) is 11.5. The molecule has 1 aliphatic rings. The molecule has 18 heavy (non-hydrogen) atoms. The van der Waals surface area contributed by atoms with Crippen LogP contribution in [0.3, 0.4) is 0 Å². The summed E-state index contributed by atoms with van der Waals surface area (Å²) >= 11 is 0. The lowest BCUT2D eigenvalue weighted by Crippen LogP contribution is -2.13. The highest BCUT2D eigenvalue weighted by atomic mass is 16.5. The van der Waals surface area contributed by atoms with Crippen molar-refractivity contribution in [1.82, 2.24) is 0 Å². The van der Waals surface area contributed by atoms with Gasteiger partial charge >= 0.3 is 0 Å². The van der Waals surface area contributed by atoms with Crippen molar-refractivity contribution in [2.45, 2.75) is 39.0 Å². The van der Waals surface area contributed by atoms with Crippen LogP contribution in [0.15, 0.2) is 24.3 Å². The lowest BCUT2D eigenvalue weighted by atomic mass is 9.90. The van der Waals surface area contributed by atoms with Crippen LogP contribution in [0.5, 0.6) is 5.75 Å². The van der Waals surface area contributed by atoms with E-state index in [4.69, 9.17) is 4.74 Å². The highest BCUT2D eigenvalue weighted by Gasteiger charge is 2.39. The van der Waals surface area contributed by atoms with Crippen molar-refractivity contribution in [3.05, 3.63) is 29.8 Å². The Morgan fingerprint density at radius 3 is 2.50 bits per heavy atom. The Morgan fingerprint density at radius 1 is 1.28 bits per heavy atom. The fraction of sp³-hybridized carbons (Fsp3) is 0.562. The molecule has 0 aliphatic heterocycles. The fourth-order valence-electron chi connectivity index (χ4n) is 3.08. The van der Waals surface area contributed by atoms with Crippen LogP contribution in [-0.4, -0.2) is 12.9 Å². The average Bonchev–Trinajstić information content (AvgIpc) is 2.68. The van der Waals surface area contributed by atoms with Crippen molar-refractivity contribution in [1.29, 1.82) is 0 Å². The maximum atomic E-state index is 12.2. The van der Waals surface area contributed by atoms with E-state index in [1.807, 2.05) is 12.1 Å². The molecule has 1 fully saturated rings. The lowest BCUT2D eigenvalue weighted by Gasteiger charge is -2.14. The van der Waals surface area contributed by atoms with Crippen molar-refractivity contribution < 1.29 is 9.53 Å². The number of Topliss-reactive ketones (excluding diaryl/α,β-unsaturated/α-hetero) is 1. The third kappa shape index (κ3) is 2.43. The van der Waals surface area contributed by atoms with E-state index in [-0.39, 0.29) is 11.8 Å². The van der Waals surface area contributed by atoms with Gasteiger partial charge in [-0.15, -0.1) is 0 Å². The van der Waals surface area contributed by atoms with E-state index in [2.05, 4.69) is 26.0 Å². The molecule has 2 heteroatoms. The van der Waals surface area contributed by atoms with E-state index in [9.17, 15) is 4.79 Å². The van der Waals surface area contributed by atoms with Gasteiger partial charge in [0.15, 0.2) is 0 Å². The highest BCUT2D eigenvalue weighted by molar-refractivity contribution is 5.86. The summed E-state index contributed by atoms with van der Waals surface area (Å²) in [7, 11) is 1.67. The van der Waals surface area contributed by atoms with Gasteiger partial charge in [0.1, 0.15) is 11.5 Å². The van der Waals surface area contributed by atoms with Gasteiger partial charge < -0.3 is 4.74 Å². The second kappa shape index (κ2) is 5.55. The van der Waals surface area contributed by atoms with Crippen LogP contribution in [0.25, 0.3) is 0 Å². The normalized spacial score (nSPS) is 27.5. The van der Waals surface area contributed by atoms with E-state index in [0.29, 0.717) is 11.7 Å². The Morgan fingerprint density at radius 2 is 1.94 bits per heavy atom. The summed E-state index contributed by atoms with van der Waals surface area (Å²) in [6.07, 6.45) is 3.15. The Hall–Kier alpha value is -1.31. The zero-order valence-corrected chi connectivity index (χ0v) is 11.5. The molecule has 0 heterocycles. The lowest BCUT2D eigenvalue weighted by molar-refractivity contribution is -0.123. The largest absolute Gasteiger partial charge is 0.497 e. The molecule has 1 aromatic rings. The SMILES string of the molecule is CCCC1CC(c2ccc(OC)cc2)C(C)C1=O. The summed E-state index contributed by atoms with van der Waals surface area (Å²) in [4.78, 5) is 12.2. The van der Waals surface area contributed by atoms with Crippen molar-refractivity contribution in [2.24, 2.45) is 11.8 Å². The molecule has 1 aliphatic carbocycles. The van der Waals surface area contributed by atoms with Crippen molar-refractivity contribution >= 4 is 5.78 Å². The summed E-state index contributed by atoms with van der Waals surface area (Å²) in [6.45, 7) is 4.23. The standard InChI is InChI=1S/C16H22O2/c1-4-5-13-10-15(11(2)16(13)17)12-6-8-14(18-3)9-7-12/h6-9,11,13,15H,4-5,10H2,1-3H3.